The lowest BCUT2D eigenvalue weighted by Crippen LogP contribution is -2.44. The van der Waals surface area contributed by atoms with Crippen molar-refractivity contribution in [2.45, 2.75) is 49.9 Å². The zero-order chi connectivity index (χ0) is 16.2. The van der Waals surface area contributed by atoms with Gasteiger partial charge in [0.1, 0.15) is 11.4 Å². The summed E-state index contributed by atoms with van der Waals surface area (Å²) in [6.45, 7) is 1.71. The molecule has 1 aliphatic carbocycles. The first-order valence-corrected chi connectivity index (χ1v) is 9.22. The Morgan fingerprint density at radius 2 is 1.91 bits per heavy atom. The van der Waals surface area contributed by atoms with Gasteiger partial charge in [0.25, 0.3) is 0 Å². The van der Waals surface area contributed by atoms with Crippen LogP contribution in [0.25, 0.3) is 0 Å². The quantitative estimate of drug-likeness (QED) is 0.873. The van der Waals surface area contributed by atoms with Gasteiger partial charge in [-0.2, -0.15) is 0 Å². The first-order chi connectivity index (χ1) is 10.4. The number of methoxy groups -OCH3 is 1. The van der Waals surface area contributed by atoms with Crippen molar-refractivity contribution in [3.63, 3.8) is 0 Å². The summed E-state index contributed by atoms with van der Waals surface area (Å²) in [5.41, 5.74) is -0.684. The predicted molar refractivity (Wildman–Crippen MR) is 84.6 cm³/mol. The summed E-state index contributed by atoms with van der Waals surface area (Å²) in [7, 11) is -1.94. The van der Waals surface area contributed by atoms with Crippen LogP contribution in [0, 0.1) is 5.82 Å². The molecule has 1 aromatic rings. The molecule has 1 aromatic carbocycles. The molecule has 124 valence electrons. The molecule has 0 bridgehead atoms. The average Bonchev–Trinajstić information content (AvgIpc) is 2.54. The molecule has 2 rings (SSSR count). The van der Waals surface area contributed by atoms with E-state index in [0.29, 0.717) is 18.4 Å². The third kappa shape index (κ3) is 3.86. The molecule has 1 aliphatic rings. The number of halogens is 1. The van der Waals surface area contributed by atoms with Gasteiger partial charge >= 0.3 is 0 Å². The van der Waals surface area contributed by atoms with Crippen molar-refractivity contribution in [3.05, 3.63) is 35.6 Å². The monoisotopic (exact) mass is 329 g/mol. The topological polar surface area (TPSA) is 55.4 Å². The lowest BCUT2D eigenvalue weighted by Gasteiger charge is -2.30. The second-order valence-electron chi connectivity index (χ2n) is 6.04. The third-order valence-corrected chi connectivity index (χ3v) is 6.39. The molecule has 0 amide bonds. The molecular weight excluding hydrogens is 305 g/mol. The second kappa shape index (κ2) is 7.06. The molecule has 0 radical (unpaired) electrons. The van der Waals surface area contributed by atoms with Gasteiger partial charge in [0.2, 0.25) is 10.0 Å². The van der Waals surface area contributed by atoms with E-state index in [1.165, 1.54) is 13.2 Å². The molecule has 1 atom stereocenters. The maximum absolute atomic E-state index is 14.0. The van der Waals surface area contributed by atoms with Crippen LogP contribution in [0.3, 0.4) is 0 Å². The molecular formula is C16H24FNO3S. The van der Waals surface area contributed by atoms with Crippen molar-refractivity contribution in [2.75, 3.05) is 13.7 Å². The molecule has 0 saturated heterocycles. The Kier molecular flexibility index (Phi) is 5.58. The molecule has 1 N–H and O–H groups in total. The Bertz CT molecular complexity index is 599. The fraction of sp³-hybridized carbons (Fsp3) is 0.625. The minimum absolute atomic E-state index is 0.0171. The number of rotatable bonds is 6. The number of ether oxygens (including phenoxy) is 1. The molecule has 22 heavy (non-hydrogen) atoms. The zero-order valence-corrected chi connectivity index (χ0v) is 14.0. The van der Waals surface area contributed by atoms with E-state index in [0.717, 1.165) is 19.3 Å². The highest BCUT2D eigenvalue weighted by atomic mass is 32.2. The number of nitrogens with one attached hydrogen (secondary N) is 1. The van der Waals surface area contributed by atoms with Gasteiger partial charge in [0.15, 0.2) is 0 Å². The van der Waals surface area contributed by atoms with Crippen LogP contribution in [0.1, 0.15) is 44.6 Å². The lowest BCUT2D eigenvalue weighted by molar-refractivity contribution is 0.00404. The Hall–Kier alpha value is -0.980. The first kappa shape index (κ1) is 17.4. The van der Waals surface area contributed by atoms with E-state index in [-0.39, 0.29) is 11.8 Å². The van der Waals surface area contributed by atoms with Crippen LogP contribution in [-0.4, -0.2) is 27.3 Å². The molecule has 0 aliphatic heterocycles. The van der Waals surface area contributed by atoms with Crippen molar-refractivity contribution >= 4 is 10.0 Å². The summed E-state index contributed by atoms with van der Waals surface area (Å²) in [6.07, 6.45) is 4.37. The highest BCUT2D eigenvalue weighted by Gasteiger charge is 2.33. The Morgan fingerprint density at radius 3 is 2.50 bits per heavy atom. The molecule has 6 heteroatoms. The smallest absolute Gasteiger partial charge is 0.214 e. The number of benzene rings is 1. The summed E-state index contributed by atoms with van der Waals surface area (Å²) < 4.78 is 46.8. The minimum atomic E-state index is -3.40. The van der Waals surface area contributed by atoms with Crippen LogP contribution in [-0.2, 0) is 20.4 Å². The van der Waals surface area contributed by atoms with Gasteiger partial charge in [0, 0.05) is 19.2 Å². The van der Waals surface area contributed by atoms with Crippen molar-refractivity contribution in [1.82, 2.24) is 4.72 Å². The Morgan fingerprint density at radius 1 is 1.27 bits per heavy atom. The maximum atomic E-state index is 14.0. The number of hydrogen-bond donors (Lipinski definition) is 1. The van der Waals surface area contributed by atoms with E-state index in [1.54, 1.807) is 25.1 Å². The molecule has 1 fully saturated rings. The van der Waals surface area contributed by atoms with Crippen molar-refractivity contribution in [2.24, 2.45) is 0 Å². The van der Waals surface area contributed by atoms with E-state index < -0.39 is 21.4 Å². The van der Waals surface area contributed by atoms with Gasteiger partial charge in [-0.1, -0.05) is 37.5 Å². The zero-order valence-electron chi connectivity index (χ0n) is 13.1. The Labute approximate surface area is 132 Å². The summed E-state index contributed by atoms with van der Waals surface area (Å²) in [4.78, 5) is 0. The molecule has 0 spiro atoms. The number of sulfonamides is 1. The lowest BCUT2D eigenvalue weighted by atomic mass is 9.95. The molecule has 1 unspecified atom stereocenters. The van der Waals surface area contributed by atoms with Gasteiger partial charge in [-0.15, -0.1) is 0 Å². The first-order valence-electron chi connectivity index (χ1n) is 7.68. The molecule has 0 heterocycles. The summed E-state index contributed by atoms with van der Waals surface area (Å²) in [5.74, 6) is -0.399. The van der Waals surface area contributed by atoms with Crippen molar-refractivity contribution in [1.29, 1.82) is 0 Å². The van der Waals surface area contributed by atoms with Crippen molar-refractivity contribution < 1.29 is 17.5 Å². The largest absolute Gasteiger partial charge is 0.372 e. The van der Waals surface area contributed by atoms with E-state index >= 15 is 0 Å². The van der Waals surface area contributed by atoms with Crippen LogP contribution in [0.15, 0.2) is 24.3 Å². The van der Waals surface area contributed by atoms with E-state index in [4.69, 9.17) is 4.74 Å². The highest BCUT2D eigenvalue weighted by molar-refractivity contribution is 7.90. The van der Waals surface area contributed by atoms with Gasteiger partial charge in [-0.25, -0.2) is 17.5 Å². The van der Waals surface area contributed by atoms with Crippen LogP contribution in [0.4, 0.5) is 4.39 Å². The standard InChI is InChI=1S/C16H24FNO3S/c1-16(21-2,14-10-6-7-11-15(14)17)12-18-22(19,20)13-8-4-3-5-9-13/h6-7,10-11,13,18H,3-5,8-9,12H2,1-2H3. The fourth-order valence-electron chi connectivity index (χ4n) is 2.90. The second-order valence-corrected chi connectivity index (χ2v) is 8.09. The van der Waals surface area contributed by atoms with Crippen LogP contribution in [0.2, 0.25) is 0 Å². The average molecular weight is 329 g/mol. The summed E-state index contributed by atoms with van der Waals surface area (Å²) >= 11 is 0. The van der Waals surface area contributed by atoms with Crippen LogP contribution in [0.5, 0.6) is 0 Å². The normalized spacial score (nSPS) is 19.8. The Balaban J connectivity index is 2.12. The minimum Gasteiger partial charge on any atom is -0.372 e. The van der Waals surface area contributed by atoms with E-state index in [2.05, 4.69) is 4.72 Å². The summed E-state index contributed by atoms with van der Waals surface area (Å²) in [6, 6.07) is 6.28. The SMILES string of the molecule is COC(C)(CNS(=O)(=O)C1CCCCC1)c1ccccc1F. The molecule has 4 nitrogen and oxygen atoms in total. The van der Waals surface area contributed by atoms with Gasteiger partial charge in [0.05, 0.1) is 5.25 Å². The van der Waals surface area contributed by atoms with Crippen LogP contribution >= 0.6 is 0 Å². The van der Waals surface area contributed by atoms with Gasteiger partial charge < -0.3 is 4.74 Å². The highest BCUT2D eigenvalue weighted by Crippen LogP contribution is 2.28. The van der Waals surface area contributed by atoms with Gasteiger partial charge in [-0.05, 0) is 25.8 Å². The maximum Gasteiger partial charge on any atom is 0.214 e. The molecule has 1 saturated carbocycles. The predicted octanol–water partition coefficient (Wildman–Crippen LogP) is 2.94. The van der Waals surface area contributed by atoms with E-state index in [1.807, 2.05) is 0 Å². The van der Waals surface area contributed by atoms with Crippen molar-refractivity contribution in [3.8, 4) is 0 Å². The van der Waals surface area contributed by atoms with Gasteiger partial charge in [-0.3, -0.25) is 0 Å². The number of hydrogen-bond acceptors (Lipinski definition) is 3. The molecule has 0 aromatic heterocycles. The third-order valence-electron chi connectivity index (χ3n) is 4.50. The van der Waals surface area contributed by atoms with Crippen LogP contribution < -0.4 is 4.72 Å². The summed E-state index contributed by atoms with van der Waals surface area (Å²) in [5, 5.41) is -0.344. The van der Waals surface area contributed by atoms with E-state index in [9.17, 15) is 12.8 Å². The fourth-order valence-corrected chi connectivity index (χ4v) is 4.57.